The highest BCUT2D eigenvalue weighted by Gasteiger charge is 2.24. The van der Waals surface area contributed by atoms with E-state index in [0.717, 1.165) is 5.56 Å². The van der Waals surface area contributed by atoms with E-state index in [-0.39, 0.29) is 29.1 Å². The van der Waals surface area contributed by atoms with Crippen LogP contribution in [0.25, 0.3) is 0 Å². The molecule has 1 heterocycles. The molecule has 0 atom stereocenters. The molecule has 6 heteroatoms. The van der Waals surface area contributed by atoms with Crippen LogP contribution in [0.3, 0.4) is 0 Å². The molecule has 2 rings (SSSR count). The molecule has 0 bridgehead atoms. The maximum absolute atomic E-state index is 12.7. The maximum atomic E-state index is 12.7. The minimum absolute atomic E-state index is 0.0404. The number of sulfone groups is 1. The van der Waals surface area contributed by atoms with E-state index in [2.05, 4.69) is 5.32 Å². The predicted molar refractivity (Wildman–Crippen MR) is 79.1 cm³/mol. The van der Waals surface area contributed by atoms with Gasteiger partial charge in [-0.25, -0.2) is 12.8 Å². The first-order valence-corrected chi connectivity index (χ1v) is 8.98. The number of halogens is 1. The van der Waals surface area contributed by atoms with Crippen molar-refractivity contribution in [1.29, 1.82) is 0 Å². The van der Waals surface area contributed by atoms with Crippen LogP contribution < -0.4 is 5.32 Å². The van der Waals surface area contributed by atoms with E-state index >= 15 is 0 Å². The van der Waals surface area contributed by atoms with E-state index in [0.29, 0.717) is 32.2 Å². The van der Waals surface area contributed by atoms with E-state index in [1.54, 1.807) is 12.1 Å². The third-order valence-corrected chi connectivity index (χ3v) is 5.51. The molecule has 0 aliphatic carbocycles. The van der Waals surface area contributed by atoms with Crippen molar-refractivity contribution >= 4 is 15.7 Å². The van der Waals surface area contributed by atoms with Gasteiger partial charge in [-0.05, 0) is 42.9 Å². The normalized spacial score (nSPS) is 18.3. The molecule has 0 unspecified atom stereocenters. The molecule has 0 radical (unpaired) electrons. The van der Waals surface area contributed by atoms with Gasteiger partial charge < -0.3 is 5.32 Å². The van der Waals surface area contributed by atoms with Crippen LogP contribution >= 0.6 is 0 Å². The van der Waals surface area contributed by atoms with Crippen molar-refractivity contribution in [2.75, 3.05) is 18.1 Å². The van der Waals surface area contributed by atoms with Crippen LogP contribution in [0.15, 0.2) is 24.3 Å². The highest BCUT2D eigenvalue weighted by atomic mass is 32.2. The zero-order valence-corrected chi connectivity index (χ0v) is 12.7. The van der Waals surface area contributed by atoms with Gasteiger partial charge in [-0.1, -0.05) is 12.1 Å². The molecule has 1 aliphatic heterocycles. The van der Waals surface area contributed by atoms with Crippen molar-refractivity contribution in [3.8, 4) is 0 Å². The number of amides is 1. The van der Waals surface area contributed by atoms with Gasteiger partial charge >= 0.3 is 0 Å². The number of benzene rings is 1. The summed E-state index contributed by atoms with van der Waals surface area (Å²) in [6, 6.07) is 6.21. The lowest BCUT2D eigenvalue weighted by molar-refractivity contribution is -0.122. The SMILES string of the molecule is O=C(CC1CCS(=O)(=O)CC1)NCCc1ccc(F)cc1. The minimum Gasteiger partial charge on any atom is -0.356 e. The quantitative estimate of drug-likeness (QED) is 0.900. The van der Waals surface area contributed by atoms with Crippen molar-refractivity contribution < 1.29 is 17.6 Å². The Bertz CT molecular complexity index is 569. The van der Waals surface area contributed by atoms with Crippen molar-refractivity contribution in [2.45, 2.75) is 25.7 Å². The second-order valence-corrected chi connectivity index (χ2v) is 7.83. The monoisotopic (exact) mass is 313 g/mol. The number of hydrogen-bond donors (Lipinski definition) is 1. The summed E-state index contributed by atoms with van der Waals surface area (Å²) in [5.41, 5.74) is 0.973. The predicted octanol–water partition coefficient (Wildman–Crippen LogP) is 1.70. The second-order valence-electron chi connectivity index (χ2n) is 5.53. The minimum atomic E-state index is -2.87. The van der Waals surface area contributed by atoms with Crippen LogP contribution in [-0.4, -0.2) is 32.4 Å². The Morgan fingerprint density at radius 2 is 1.81 bits per heavy atom. The van der Waals surface area contributed by atoms with E-state index in [4.69, 9.17) is 0 Å². The number of carbonyl (C=O) groups is 1. The average molecular weight is 313 g/mol. The first-order valence-electron chi connectivity index (χ1n) is 7.16. The molecule has 4 nitrogen and oxygen atoms in total. The fourth-order valence-electron chi connectivity index (χ4n) is 2.47. The third-order valence-electron chi connectivity index (χ3n) is 3.80. The molecule has 116 valence electrons. The van der Waals surface area contributed by atoms with Crippen LogP contribution in [0.5, 0.6) is 0 Å². The lowest BCUT2D eigenvalue weighted by atomic mass is 9.98. The molecule has 1 saturated heterocycles. The lowest BCUT2D eigenvalue weighted by Crippen LogP contribution is -2.31. The molecule has 1 aliphatic rings. The second kappa shape index (κ2) is 7.02. The van der Waals surface area contributed by atoms with Gasteiger partial charge in [-0.3, -0.25) is 4.79 Å². The van der Waals surface area contributed by atoms with Gasteiger partial charge in [0.05, 0.1) is 11.5 Å². The van der Waals surface area contributed by atoms with E-state index in [1.807, 2.05) is 0 Å². The van der Waals surface area contributed by atoms with Crippen molar-refractivity contribution in [3.63, 3.8) is 0 Å². The van der Waals surface area contributed by atoms with Gasteiger partial charge in [0, 0.05) is 13.0 Å². The molecule has 1 fully saturated rings. The van der Waals surface area contributed by atoms with Gasteiger partial charge in [0.1, 0.15) is 15.7 Å². The zero-order valence-electron chi connectivity index (χ0n) is 11.8. The first kappa shape index (κ1) is 15.9. The summed E-state index contributed by atoms with van der Waals surface area (Å²) < 4.78 is 35.4. The number of rotatable bonds is 5. The highest BCUT2D eigenvalue weighted by molar-refractivity contribution is 7.91. The standard InChI is InChI=1S/C15H20FNO3S/c16-14-3-1-12(2-4-14)5-8-17-15(18)11-13-6-9-21(19,20)10-7-13/h1-4,13H,5-11H2,(H,17,18). The summed E-state index contributed by atoms with van der Waals surface area (Å²) in [6.45, 7) is 0.509. The number of carbonyl (C=O) groups excluding carboxylic acids is 1. The number of nitrogens with one attached hydrogen (secondary N) is 1. The first-order chi connectivity index (χ1) is 9.94. The fraction of sp³-hybridized carbons (Fsp3) is 0.533. The fourth-order valence-corrected chi connectivity index (χ4v) is 4.06. The average Bonchev–Trinajstić information content (AvgIpc) is 2.43. The van der Waals surface area contributed by atoms with Crippen LogP contribution in [0.1, 0.15) is 24.8 Å². The van der Waals surface area contributed by atoms with Gasteiger partial charge in [0.25, 0.3) is 0 Å². The molecule has 1 N–H and O–H groups in total. The molecule has 0 spiro atoms. The van der Waals surface area contributed by atoms with Gasteiger partial charge in [0.2, 0.25) is 5.91 Å². The topological polar surface area (TPSA) is 63.2 Å². The summed E-state index contributed by atoms with van der Waals surface area (Å²) in [5, 5.41) is 2.83. The Hall–Kier alpha value is -1.43. The molecular weight excluding hydrogens is 293 g/mol. The van der Waals surface area contributed by atoms with Gasteiger partial charge in [0.15, 0.2) is 0 Å². The molecule has 0 aromatic heterocycles. The Labute approximate surface area is 124 Å². The molecule has 1 aromatic rings. The molecule has 0 saturated carbocycles. The van der Waals surface area contributed by atoms with Crippen molar-refractivity contribution in [2.24, 2.45) is 5.92 Å². The van der Waals surface area contributed by atoms with Crippen molar-refractivity contribution in [1.82, 2.24) is 5.32 Å². The Kier molecular flexibility index (Phi) is 5.33. The highest BCUT2D eigenvalue weighted by Crippen LogP contribution is 2.21. The van der Waals surface area contributed by atoms with Crippen LogP contribution in [0, 0.1) is 11.7 Å². The van der Waals surface area contributed by atoms with Crippen molar-refractivity contribution in [3.05, 3.63) is 35.6 Å². The van der Waals surface area contributed by atoms with E-state index in [1.165, 1.54) is 12.1 Å². The lowest BCUT2D eigenvalue weighted by Gasteiger charge is -2.21. The van der Waals surface area contributed by atoms with Crippen LogP contribution in [-0.2, 0) is 21.1 Å². The number of hydrogen-bond acceptors (Lipinski definition) is 3. The molecular formula is C15H20FNO3S. The van der Waals surface area contributed by atoms with Crippen LogP contribution in [0.2, 0.25) is 0 Å². The molecule has 21 heavy (non-hydrogen) atoms. The summed E-state index contributed by atoms with van der Waals surface area (Å²) in [7, 11) is -2.87. The van der Waals surface area contributed by atoms with Gasteiger partial charge in [-0.15, -0.1) is 0 Å². The van der Waals surface area contributed by atoms with E-state index in [9.17, 15) is 17.6 Å². The summed E-state index contributed by atoms with van der Waals surface area (Å²) >= 11 is 0. The Balaban J connectivity index is 1.67. The van der Waals surface area contributed by atoms with E-state index < -0.39 is 9.84 Å². The Morgan fingerprint density at radius 3 is 2.43 bits per heavy atom. The summed E-state index contributed by atoms with van der Waals surface area (Å²) in [5.74, 6) is 0.247. The summed E-state index contributed by atoms with van der Waals surface area (Å²) in [4.78, 5) is 11.8. The van der Waals surface area contributed by atoms with Gasteiger partial charge in [-0.2, -0.15) is 0 Å². The van der Waals surface area contributed by atoms with Crippen LogP contribution in [0.4, 0.5) is 4.39 Å². The molecule has 1 amide bonds. The maximum Gasteiger partial charge on any atom is 0.220 e. The third kappa shape index (κ3) is 5.46. The molecule has 1 aromatic carbocycles. The Morgan fingerprint density at radius 1 is 1.19 bits per heavy atom. The zero-order chi connectivity index (χ0) is 15.3. The summed E-state index contributed by atoms with van der Waals surface area (Å²) in [6.07, 6.45) is 2.20. The smallest absolute Gasteiger partial charge is 0.220 e. The largest absolute Gasteiger partial charge is 0.356 e.